The molecule has 1 aliphatic carbocycles. The van der Waals surface area contributed by atoms with Crippen LogP contribution in [-0.4, -0.2) is 27.7 Å². The van der Waals surface area contributed by atoms with Crippen molar-refractivity contribution in [3.05, 3.63) is 46.0 Å². The Labute approximate surface area is 156 Å². The standard InChI is InChI=1S/C18H18Cl3NO2/c1-9(2)12-13(19)16(23)18(4,21)15(20)14(12)22-17(24)11-7-5-10(3)6-8-11/h5-9,15H,1-4H3. The number of Topliss-reactive ketones (excluding diaryl/α,β-unsaturated/α-hetero) is 1. The number of hydrogen-bond acceptors (Lipinski definition) is 2. The topological polar surface area (TPSA) is 46.5 Å². The molecule has 128 valence electrons. The van der Waals surface area contributed by atoms with Gasteiger partial charge < -0.3 is 0 Å². The van der Waals surface area contributed by atoms with Crippen molar-refractivity contribution >= 4 is 52.2 Å². The van der Waals surface area contributed by atoms with Gasteiger partial charge in [-0.2, -0.15) is 0 Å². The number of ketones is 1. The average Bonchev–Trinajstić information content (AvgIpc) is 2.51. The zero-order chi connectivity index (χ0) is 18.2. The normalized spacial score (nSPS) is 26.4. The molecule has 0 bridgehead atoms. The summed E-state index contributed by atoms with van der Waals surface area (Å²) in [6, 6.07) is 7.04. The van der Waals surface area contributed by atoms with Gasteiger partial charge in [0.1, 0.15) is 10.3 Å². The maximum atomic E-state index is 12.5. The molecular formula is C18H18Cl3NO2. The van der Waals surface area contributed by atoms with Crippen LogP contribution in [0.15, 0.2) is 39.9 Å². The number of hydrogen-bond donors (Lipinski definition) is 0. The predicted molar refractivity (Wildman–Crippen MR) is 99.6 cm³/mol. The van der Waals surface area contributed by atoms with Crippen LogP contribution in [0.3, 0.4) is 0 Å². The summed E-state index contributed by atoms with van der Waals surface area (Å²) < 4.78 is 0. The number of benzene rings is 1. The van der Waals surface area contributed by atoms with E-state index in [1.807, 2.05) is 32.9 Å². The summed E-state index contributed by atoms with van der Waals surface area (Å²) in [7, 11) is 0. The van der Waals surface area contributed by atoms with Crippen LogP contribution in [0, 0.1) is 12.8 Å². The molecule has 2 atom stereocenters. The molecule has 0 radical (unpaired) electrons. The molecule has 2 unspecified atom stereocenters. The molecule has 24 heavy (non-hydrogen) atoms. The lowest BCUT2D eigenvalue weighted by molar-refractivity contribution is -0.117. The van der Waals surface area contributed by atoms with Gasteiger partial charge in [-0.05, 0) is 31.9 Å². The molecule has 0 spiro atoms. The van der Waals surface area contributed by atoms with Crippen molar-refractivity contribution in [2.24, 2.45) is 10.9 Å². The lowest BCUT2D eigenvalue weighted by Crippen LogP contribution is -2.49. The highest BCUT2D eigenvalue weighted by atomic mass is 35.5. The summed E-state index contributed by atoms with van der Waals surface area (Å²) in [4.78, 5) is 27.6. The molecule has 0 aliphatic heterocycles. The van der Waals surface area contributed by atoms with Gasteiger partial charge in [0.2, 0.25) is 0 Å². The molecule has 0 saturated carbocycles. The zero-order valence-electron chi connectivity index (χ0n) is 13.9. The third-order valence-corrected chi connectivity index (χ3v) is 5.49. The number of alkyl halides is 2. The summed E-state index contributed by atoms with van der Waals surface area (Å²) in [5, 5.41) is -0.948. The Morgan fingerprint density at radius 1 is 1.25 bits per heavy atom. The summed E-state index contributed by atoms with van der Waals surface area (Å²) >= 11 is 18.9. The van der Waals surface area contributed by atoms with E-state index < -0.39 is 21.9 Å². The molecular weight excluding hydrogens is 369 g/mol. The maximum absolute atomic E-state index is 12.5. The van der Waals surface area contributed by atoms with E-state index >= 15 is 0 Å². The smallest absolute Gasteiger partial charge is 0.277 e. The van der Waals surface area contributed by atoms with Gasteiger partial charge in [-0.1, -0.05) is 43.1 Å². The van der Waals surface area contributed by atoms with Crippen molar-refractivity contribution in [3.63, 3.8) is 0 Å². The molecule has 1 aromatic carbocycles. The van der Waals surface area contributed by atoms with Crippen LogP contribution < -0.4 is 0 Å². The number of aryl methyl sites for hydroxylation is 1. The van der Waals surface area contributed by atoms with Gasteiger partial charge in [-0.3, -0.25) is 9.59 Å². The SMILES string of the molecule is Cc1ccc(C(=O)N=C2C(C(C)C)=C(Cl)C(=O)C(C)(Cl)C2Cl)cc1. The highest BCUT2D eigenvalue weighted by Crippen LogP contribution is 2.40. The molecule has 2 rings (SSSR count). The minimum Gasteiger partial charge on any atom is -0.291 e. The molecule has 0 aromatic heterocycles. The third-order valence-electron chi connectivity index (χ3n) is 3.97. The number of carbonyl (C=O) groups excluding carboxylic acids is 2. The highest BCUT2D eigenvalue weighted by molar-refractivity contribution is 6.59. The molecule has 0 fully saturated rings. The first-order valence-electron chi connectivity index (χ1n) is 7.54. The summed E-state index contributed by atoms with van der Waals surface area (Å²) in [5.41, 5.74) is 2.21. The van der Waals surface area contributed by atoms with Crippen LogP contribution in [0.25, 0.3) is 0 Å². The van der Waals surface area contributed by atoms with Crippen molar-refractivity contribution in [2.75, 3.05) is 0 Å². The fourth-order valence-electron chi connectivity index (χ4n) is 2.49. The molecule has 3 nitrogen and oxygen atoms in total. The summed E-state index contributed by atoms with van der Waals surface area (Å²) in [5.74, 6) is -1.02. The van der Waals surface area contributed by atoms with Crippen molar-refractivity contribution in [1.29, 1.82) is 0 Å². The number of carbonyl (C=O) groups is 2. The largest absolute Gasteiger partial charge is 0.291 e. The predicted octanol–water partition coefficient (Wildman–Crippen LogP) is 4.91. The van der Waals surface area contributed by atoms with Gasteiger partial charge in [-0.15, -0.1) is 23.2 Å². The lowest BCUT2D eigenvalue weighted by Gasteiger charge is -2.34. The fraction of sp³-hybridized carbons (Fsp3) is 0.389. The number of rotatable bonds is 2. The number of allylic oxidation sites excluding steroid dienone is 2. The van der Waals surface area contributed by atoms with Crippen LogP contribution in [0.2, 0.25) is 0 Å². The van der Waals surface area contributed by atoms with Gasteiger partial charge in [0.25, 0.3) is 5.91 Å². The van der Waals surface area contributed by atoms with E-state index in [1.165, 1.54) is 6.92 Å². The first-order chi connectivity index (χ1) is 11.1. The van der Waals surface area contributed by atoms with Gasteiger partial charge in [0.05, 0.1) is 10.7 Å². The van der Waals surface area contributed by atoms with E-state index in [0.717, 1.165) is 5.56 Å². The van der Waals surface area contributed by atoms with E-state index in [-0.39, 0.29) is 16.7 Å². The molecule has 1 amide bonds. The minimum absolute atomic E-state index is 0.00476. The first-order valence-corrected chi connectivity index (χ1v) is 8.74. The summed E-state index contributed by atoms with van der Waals surface area (Å²) in [6.07, 6.45) is 0. The first kappa shape index (κ1) is 19.2. The lowest BCUT2D eigenvalue weighted by atomic mass is 9.82. The van der Waals surface area contributed by atoms with Crippen LogP contribution >= 0.6 is 34.8 Å². The van der Waals surface area contributed by atoms with E-state index in [9.17, 15) is 9.59 Å². The average molecular weight is 387 g/mol. The second-order valence-electron chi connectivity index (χ2n) is 6.32. The van der Waals surface area contributed by atoms with Crippen LogP contribution in [0.4, 0.5) is 0 Å². The molecule has 6 heteroatoms. The number of aliphatic imine (C=N–C) groups is 1. The van der Waals surface area contributed by atoms with E-state index in [1.54, 1.807) is 12.1 Å². The van der Waals surface area contributed by atoms with Crippen LogP contribution in [0.1, 0.15) is 36.7 Å². The van der Waals surface area contributed by atoms with Crippen LogP contribution in [0.5, 0.6) is 0 Å². The Morgan fingerprint density at radius 3 is 2.29 bits per heavy atom. The van der Waals surface area contributed by atoms with Crippen molar-refractivity contribution in [3.8, 4) is 0 Å². The minimum atomic E-state index is -1.44. The van der Waals surface area contributed by atoms with Gasteiger partial charge in [0.15, 0.2) is 5.78 Å². The second kappa shape index (κ2) is 6.99. The quantitative estimate of drug-likeness (QED) is 0.678. The Balaban J connectivity index is 2.57. The Morgan fingerprint density at radius 2 is 1.79 bits per heavy atom. The Bertz CT molecular complexity index is 746. The highest BCUT2D eigenvalue weighted by Gasteiger charge is 2.49. The number of halogens is 3. The molecule has 1 aliphatic rings. The monoisotopic (exact) mass is 385 g/mol. The maximum Gasteiger partial charge on any atom is 0.277 e. The Hall–Kier alpha value is -1.16. The summed E-state index contributed by atoms with van der Waals surface area (Å²) in [6.45, 7) is 7.13. The Kier molecular flexibility index (Phi) is 5.58. The van der Waals surface area contributed by atoms with Crippen molar-refractivity contribution in [2.45, 2.75) is 37.9 Å². The van der Waals surface area contributed by atoms with E-state index in [4.69, 9.17) is 34.8 Å². The van der Waals surface area contributed by atoms with Gasteiger partial charge in [0, 0.05) is 11.1 Å². The number of amides is 1. The molecule has 1 aromatic rings. The van der Waals surface area contributed by atoms with E-state index in [2.05, 4.69) is 4.99 Å². The van der Waals surface area contributed by atoms with Crippen LogP contribution in [-0.2, 0) is 4.79 Å². The van der Waals surface area contributed by atoms with Crippen molar-refractivity contribution in [1.82, 2.24) is 0 Å². The van der Waals surface area contributed by atoms with E-state index in [0.29, 0.717) is 11.1 Å². The molecule has 0 heterocycles. The zero-order valence-corrected chi connectivity index (χ0v) is 16.1. The van der Waals surface area contributed by atoms with Crippen molar-refractivity contribution < 1.29 is 9.59 Å². The second-order valence-corrected chi connectivity index (χ2v) is 7.92. The van der Waals surface area contributed by atoms with Gasteiger partial charge >= 0.3 is 0 Å². The van der Waals surface area contributed by atoms with Gasteiger partial charge in [-0.25, -0.2) is 4.99 Å². The fourth-order valence-corrected chi connectivity index (χ4v) is 3.52. The third kappa shape index (κ3) is 3.44. The molecule has 0 N–H and O–H groups in total. The molecule has 0 saturated heterocycles. The number of nitrogens with zero attached hydrogens (tertiary/aromatic N) is 1.